The maximum atomic E-state index is 14.0. The van der Waals surface area contributed by atoms with Crippen LogP contribution in [0.2, 0.25) is 0 Å². The van der Waals surface area contributed by atoms with Crippen molar-refractivity contribution in [2.75, 3.05) is 18.4 Å². The van der Waals surface area contributed by atoms with Crippen molar-refractivity contribution in [3.8, 4) is 0 Å². The second-order valence-corrected chi connectivity index (χ2v) is 8.51. The third-order valence-electron chi connectivity index (χ3n) is 5.83. The van der Waals surface area contributed by atoms with Crippen molar-refractivity contribution >= 4 is 11.6 Å². The molecule has 0 saturated heterocycles. The molecule has 0 aliphatic carbocycles. The highest BCUT2D eigenvalue weighted by Gasteiger charge is 2.12. The molecule has 1 amide bonds. The van der Waals surface area contributed by atoms with Crippen molar-refractivity contribution in [1.29, 1.82) is 0 Å². The average Bonchev–Trinajstić information content (AvgIpc) is 3.31. The van der Waals surface area contributed by atoms with Crippen molar-refractivity contribution in [1.82, 2.24) is 14.9 Å². The highest BCUT2D eigenvalue weighted by Crippen LogP contribution is 2.15. The van der Waals surface area contributed by atoms with Crippen LogP contribution >= 0.6 is 0 Å². The molecule has 3 N–H and O–H groups in total. The van der Waals surface area contributed by atoms with Gasteiger partial charge < -0.3 is 20.3 Å². The third-order valence-corrected chi connectivity index (χ3v) is 5.83. The molecule has 4 aromatic rings. The van der Waals surface area contributed by atoms with E-state index in [4.69, 9.17) is 0 Å². The van der Waals surface area contributed by atoms with Crippen LogP contribution in [0.15, 0.2) is 85.2 Å². The number of hydrogen-bond donors (Lipinski definition) is 3. The molecule has 0 unspecified atom stereocenters. The molecule has 186 valence electrons. The SMILES string of the molecule is O=C(Cc1nccn1Cc1ccc(F)cc1F)Nc1ccc(CCNC[C@H](O)c2ccccc2)cc1. The van der Waals surface area contributed by atoms with E-state index in [9.17, 15) is 18.7 Å². The number of nitrogens with one attached hydrogen (secondary N) is 2. The fourth-order valence-corrected chi connectivity index (χ4v) is 3.85. The number of amides is 1. The Labute approximate surface area is 208 Å². The second kappa shape index (κ2) is 12.2. The summed E-state index contributed by atoms with van der Waals surface area (Å²) in [5, 5.41) is 16.3. The number of carbonyl (C=O) groups excluding carboxylic acids is 1. The maximum Gasteiger partial charge on any atom is 0.231 e. The number of aromatic nitrogens is 2. The Hall–Kier alpha value is -3.88. The van der Waals surface area contributed by atoms with Gasteiger partial charge in [0.1, 0.15) is 17.5 Å². The molecule has 36 heavy (non-hydrogen) atoms. The molecule has 0 saturated carbocycles. The molecular weight excluding hydrogens is 462 g/mol. The predicted molar refractivity (Wildman–Crippen MR) is 134 cm³/mol. The monoisotopic (exact) mass is 490 g/mol. The quantitative estimate of drug-likeness (QED) is 0.275. The Morgan fingerprint density at radius 3 is 2.56 bits per heavy atom. The molecule has 0 radical (unpaired) electrons. The lowest BCUT2D eigenvalue weighted by atomic mass is 10.1. The zero-order chi connectivity index (χ0) is 25.3. The minimum Gasteiger partial charge on any atom is -0.387 e. The van der Waals surface area contributed by atoms with Gasteiger partial charge in [0.25, 0.3) is 0 Å². The normalized spacial score (nSPS) is 11.9. The smallest absolute Gasteiger partial charge is 0.231 e. The molecule has 6 nitrogen and oxygen atoms in total. The van der Waals surface area contributed by atoms with Gasteiger partial charge in [0.15, 0.2) is 0 Å². The van der Waals surface area contributed by atoms with Gasteiger partial charge in [0.05, 0.1) is 19.1 Å². The Bertz CT molecular complexity index is 1280. The summed E-state index contributed by atoms with van der Waals surface area (Å²) in [6, 6.07) is 20.5. The summed E-state index contributed by atoms with van der Waals surface area (Å²) >= 11 is 0. The van der Waals surface area contributed by atoms with Crippen molar-refractivity contribution in [3.63, 3.8) is 0 Å². The summed E-state index contributed by atoms with van der Waals surface area (Å²) in [6.45, 7) is 1.34. The molecule has 4 rings (SSSR count). The van der Waals surface area contributed by atoms with Gasteiger partial charge >= 0.3 is 0 Å². The predicted octanol–water partition coefficient (Wildman–Crippen LogP) is 4.26. The van der Waals surface area contributed by atoms with Gasteiger partial charge in [0.2, 0.25) is 5.91 Å². The zero-order valence-electron chi connectivity index (χ0n) is 19.7. The summed E-state index contributed by atoms with van der Waals surface area (Å²) in [5.41, 5.74) is 2.97. The number of aliphatic hydroxyl groups excluding tert-OH is 1. The van der Waals surface area contributed by atoms with E-state index in [0.29, 0.717) is 30.2 Å². The molecule has 3 aromatic carbocycles. The van der Waals surface area contributed by atoms with Crippen molar-refractivity contribution in [2.24, 2.45) is 0 Å². The number of carbonyl (C=O) groups is 1. The first-order valence-corrected chi connectivity index (χ1v) is 11.7. The molecule has 1 atom stereocenters. The molecule has 8 heteroatoms. The first-order chi connectivity index (χ1) is 17.5. The fourth-order valence-electron chi connectivity index (χ4n) is 3.85. The third kappa shape index (κ3) is 7.07. The van der Waals surface area contributed by atoms with Crippen LogP contribution in [-0.2, 0) is 24.2 Å². The first-order valence-electron chi connectivity index (χ1n) is 11.7. The molecule has 0 spiro atoms. The van der Waals surface area contributed by atoms with E-state index in [1.807, 2.05) is 54.6 Å². The average molecular weight is 491 g/mol. The van der Waals surface area contributed by atoms with Gasteiger partial charge in [0, 0.05) is 36.3 Å². The van der Waals surface area contributed by atoms with Gasteiger partial charge in [-0.15, -0.1) is 0 Å². The lowest BCUT2D eigenvalue weighted by Crippen LogP contribution is -2.23. The molecular formula is C28H28F2N4O2. The standard InChI is InChI=1S/C28H28F2N4O2/c29-23-9-8-22(25(30)16-23)19-34-15-14-32-27(34)17-28(36)33-24-10-6-20(7-11-24)12-13-31-18-26(35)21-4-2-1-3-5-21/h1-11,14-16,26,31,35H,12-13,17-19H2,(H,33,36)/t26-/m0/s1. The number of imidazole rings is 1. The molecule has 0 aliphatic rings. The molecule has 0 fully saturated rings. The fraction of sp³-hybridized carbons (Fsp3) is 0.214. The summed E-state index contributed by atoms with van der Waals surface area (Å²) < 4.78 is 28.8. The van der Waals surface area contributed by atoms with Gasteiger partial charge in [-0.05, 0) is 42.3 Å². The van der Waals surface area contributed by atoms with Crippen LogP contribution in [0.1, 0.15) is 28.6 Å². The minimum absolute atomic E-state index is 0.0191. The highest BCUT2D eigenvalue weighted by molar-refractivity contribution is 5.91. The van der Waals surface area contributed by atoms with E-state index in [0.717, 1.165) is 23.6 Å². The van der Waals surface area contributed by atoms with Crippen molar-refractivity contribution in [2.45, 2.75) is 25.5 Å². The van der Waals surface area contributed by atoms with E-state index in [-0.39, 0.29) is 18.9 Å². The molecule has 1 aromatic heterocycles. The first kappa shape index (κ1) is 25.2. The Morgan fingerprint density at radius 2 is 1.81 bits per heavy atom. The number of benzene rings is 3. The van der Waals surface area contributed by atoms with Crippen LogP contribution in [0.5, 0.6) is 0 Å². The summed E-state index contributed by atoms with van der Waals surface area (Å²) in [4.78, 5) is 16.8. The number of nitrogens with zero attached hydrogens (tertiary/aromatic N) is 2. The number of rotatable bonds is 11. The number of hydrogen-bond acceptors (Lipinski definition) is 4. The lowest BCUT2D eigenvalue weighted by molar-refractivity contribution is -0.115. The summed E-state index contributed by atoms with van der Waals surface area (Å²) in [6.07, 6.45) is 3.46. The van der Waals surface area contributed by atoms with Gasteiger partial charge in [-0.1, -0.05) is 48.5 Å². The largest absolute Gasteiger partial charge is 0.387 e. The van der Waals surface area contributed by atoms with Gasteiger partial charge in [-0.3, -0.25) is 4.79 Å². The Kier molecular flexibility index (Phi) is 8.54. The van der Waals surface area contributed by atoms with Crippen LogP contribution in [0, 0.1) is 11.6 Å². The van der Waals surface area contributed by atoms with Crippen LogP contribution in [0.3, 0.4) is 0 Å². The maximum absolute atomic E-state index is 14.0. The Balaban J connectivity index is 1.23. The van der Waals surface area contributed by atoms with Crippen molar-refractivity contribution in [3.05, 3.63) is 119 Å². The number of anilines is 1. The van der Waals surface area contributed by atoms with Crippen LogP contribution < -0.4 is 10.6 Å². The van der Waals surface area contributed by atoms with Crippen LogP contribution in [0.4, 0.5) is 14.5 Å². The molecule has 0 bridgehead atoms. The number of aliphatic hydroxyl groups is 1. The molecule has 0 aliphatic heterocycles. The minimum atomic E-state index is -0.637. The van der Waals surface area contributed by atoms with E-state index < -0.39 is 17.7 Å². The van der Waals surface area contributed by atoms with E-state index in [1.165, 1.54) is 12.1 Å². The zero-order valence-corrected chi connectivity index (χ0v) is 19.7. The topological polar surface area (TPSA) is 79.2 Å². The van der Waals surface area contributed by atoms with Crippen LogP contribution in [0.25, 0.3) is 0 Å². The summed E-state index contributed by atoms with van der Waals surface area (Å²) in [5.74, 6) is -1.03. The van der Waals surface area contributed by atoms with Crippen molar-refractivity contribution < 1.29 is 18.7 Å². The highest BCUT2D eigenvalue weighted by atomic mass is 19.1. The second-order valence-electron chi connectivity index (χ2n) is 8.51. The van der Waals surface area contributed by atoms with Crippen LogP contribution in [-0.4, -0.2) is 33.7 Å². The summed E-state index contributed by atoms with van der Waals surface area (Å²) in [7, 11) is 0. The number of halogens is 2. The van der Waals surface area contributed by atoms with E-state index in [2.05, 4.69) is 15.6 Å². The van der Waals surface area contributed by atoms with Gasteiger partial charge in [-0.2, -0.15) is 0 Å². The Morgan fingerprint density at radius 1 is 1.03 bits per heavy atom. The van der Waals surface area contributed by atoms with Gasteiger partial charge in [-0.25, -0.2) is 13.8 Å². The lowest BCUT2D eigenvalue weighted by Gasteiger charge is -2.12. The van der Waals surface area contributed by atoms with E-state index in [1.54, 1.807) is 17.0 Å². The molecule has 1 heterocycles. The van der Waals surface area contributed by atoms with E-state index >= 15 is 0 Å².